The van der Waals surface area contributed by atoms with Crippen molar-refractivity contribution in [2.24, 2.45) is 0 Å². The second-order valence-corrected chi connectivity index (χ2v) is 9.49. The molecule has 4 nitrogen and oxygen atoms in total. The summed E-state index contributed by atoms with van der Waals surface area (Å²) in [7, 11) is 0. The molecule has 1 fully saturated rings. The van der Waals surface area contributed by atoms with Gasteiger partial charge in [0.1, 0.15) is 4.32 Å². The van der Waals surface area contributed by atoms with Crippen LogP contribution in [0, 0.1) is 6.92 Å². The Kier molecular flexibility index (Phi) is 5.41. The Morgan fingerprint density at radius 1 is 0.750 bits per heavy atom. The Hall–Kier alpha value is -3.22. The van der Waals surface area contributed by atoms with Crippen molar-refractivity contribution in [1.82, 2.24) is 4.90 Å². The number of carbonyl (C=O) groups excluding carboxylic acids is 2. The van der Waals surface area contributed by atoms with Crippen LogP contribution in [0.2, 0.25) is 0 Å². The molecule has 2 heterocycles. The number of hydrogen-bond acceptors (Lipinski definition) is 4. The van der Waals surface area contributed by atoms with Crippen molar-refractivity contribution < 1.29 is 9.59 Å². The Bertz CT molecular complexity index is 1270. The fourth-order valence-electron chi connectivity index (χ4n) is 3.98. The Labute approximate surface area is 196 Å². The molecule has 32 heavy (non-hydrogen) atoms. The lowest BCUT2D eigenvalue weighted by molar-refractivity contribution is -0.122. The largest absolute Gasteiger partial charge is 0.303 e. The molecule has 3 aromatic rings. The van der Waals surface area contributed by atoms with Gasteiger partial charge in [0.05, 0.1) is 29.3 Å². The molecule has 0 spiro atoms. The minimum atomic E-state index is -0.209. The molecule has 2 amide bonds. The number of nitrogens with zero attached hydrogens (tertiary/aromatic N) is 2. The molecule has 3 aromatic carbocycles. The third-order valence-corrected chi connectivity index (χ3v) is 7.09. The first-order valence-corrected chi connectivity index (χ1v) is 11.5. The summed E-state index contributed by atoms with van der Waals surface area (Å²) in [6.07, 6.45) is 0. The summed E-state index contributed by atoms with van der Waals surface area (Å²) in [6, 6.07) is 25.5. The van der Waals surface area contributed by atoms with Crippen LogP contribution < -0.4 is 4.90 Å². The number of fused-ring (bicyclic) bond motifs is 1. The highest BCUT2D eigenvalue weighted by atomic mass is 32.2. The molecule has 0 bridgehead atoms. The highest BCUT2D eigenvalue weighted by Crippen LogP contribution is 2.45. The number of amides is 2. The van der Waals surface area contributed by atoms with E-state index in [-0.39, 0.29) is 11.8 Å². The van der Waals surface area contributed by atoms with E-state index < -0.39 is 0 Å². The second kappa shape index (κ2) is 8.37. The smallest absolute Gasteiger partial charge is 0.267 e. The molecule has 5 rings (SSSR count). The average molecular weight is 457 g/mol. The minimum absolute atomic E-state index is 0.160. The van der Waals surface area contributed by atoms with E-state index in [1.807, 2.05) is 85.8 Å². The SMILES string of the molecule is Cc1ccc(CN2C(=O)C(=C3SC(=S)N(Cc4ccccc4)C3=O)c3ccccc32)cc1. The van der Waals surface area contributed by atoms with E-state index in [2.05, 4.69) is 0 Å². The molecule has 0 radical (unpaired) electrons. The normalized spacial score (nSPS) is 18.0. The monoisotopic (exact) mass is 456 g/mol. The summed E-state index contributed by atoms with van der Waals surface area (Å²) < 4.78 is 0.476. The third kappa shape index (κ3) is 3.66. The van der Waals surface area contributed by atoms with Gasteiger partial charge in [0.25, 0.3) is 11.8 Å². The lowest BCUT2D eigenvalue weighted by Crippen LogP contribution is -2.29. The summed E-state index contributed by atoms with van der Waals surface area (Å²) in [5, 5.41) is 0. The molecule has 0 saturated carbocycles. The molecular formula is C26H20N2O2S2. The second-order valence-electron chi connectivity index (χ2n) is 7.84. The molecule has 2 aliphatic heterocycles. The first-order chi connectivity index (χ1) is 15.5. The minimum Gasteiger partial charge on any atom is -0.303 e. The maximum absolute atomic E-state index is 13.6. The fraction of sp³-hybridized carbons (Fsp3) is 0.115. The van der Waals surface area contributed by atoms with E-state index in [9.17, 15) is 9.59 Å². The zero-order chi connectivity index (χ0) is 22.2. The number of benzene rings is 3. The molecular weight excluding hydrogens is 436 g/mol. The number of carbonyl (C=O) groups is 2. The van der Waals surface area contributed by atoms with Crippen LogP contribution >= 0.6 is 24.0 Å². The Morgan fingerprint density at radius 2 is 1.38 bits per heavy atom. The molecule has 0 atom stereocenters. The van der Waals surface area contributed by atoms with Crippen LogP contribution in [0.5, 0.6) is 0 Å². The number of aryl methyl sites for hydroxylation is 1. The van der Waals surface area contributed by atoms with E-state index in [1.165, 1.54) is 17.3 Å². The molecule has 158 valence electrons. The Balaban J connectivity index is 1.51. The third-order valence-electron chi connectivity index (χ3n) is 5.64. The number of thiocarbonyl (C=S) groups is 1. The predicted octanol–water partition coefficient (Wildman–Crippen LogP) is 5.31. The van der Waals surface area contributed by atoms with Crippen molar-refractivity contribution in [3.63, 3.8) is 0 Å². The van der Waals surface area contributed by atoms with Crippen LogP contribution in [0.4, 0.5) is 5.69 Å². The standard InChI is InChI=1S/C26H20N2O2S2/c1-17-11-13-19(14-12-17)15-27-21-10-6-5-9-20(21)22(24(27)29)23-25(30)28(26(31)32-23)16-18-7-3-2-4-8-18/h2-14H,15-16H2,1H3. The summed E-state index contributed by atoms with van der Waals surface area (Å²) in [5.41, 5.74) is 5.25. The van der Waals surface area contributed by atoms with E-state index in [1.54, 1.807) is 9.80 Å². The van der Waals surface area contributed by atoms with Crippen molar-refractivity contribution in [2.75, 3.05) is 4.90 Å². The van der Waals surface area contributed by atoms with Crippen LogP contribution in [0.15, 0.2) is 83.8 Å². The maximum atomic E-state index is 13.6. The highest BCUT2D eigenvalue weighted by Gasteiger charge is 2.41. The predicted molar refractivity (Wildman–Crippen MR) is 133 cm³/mol. The molecule has 0 N–H and O–H groups in total. The number of thioether (sulfide) groups is 1. The maximum Gasteiger partial charge on any atom is 0.267 e. The number of hydrogen-bond donors (Lipinski definition) is 0. The van der Waals surface area contributed by atoms with E-state index in [0.29, 0.717) is 27.9 Å². The average Bonchev–Trinajstić information content (AvgIpc) is 3.23. The van der Waals surface area contributed by atoms with Crippen LogP contribution in [0.3, 0.4) is 0 Å². The molecule has 0 unspecified atom stereocenters. The van der Waals surface area contributed by atoms with Crippen molar-refractivity contribution >= 4 is 51.4 Å². The molecule has 0 aromatic heterocycles. The summed E-state index contributed by atoms with van der Waals surface area (Å²) >= 11 is 6.74. The van der Waals surface area contributed by atoms with Crippen molar-refractivity contribution in [1.29, 1.82) is 0 Å². The van der Waals surface area contributed by atoms with Crippen LogP contribution in [-0.2, 0) is 22.7 Å². The van der Waals surface area contributed by atoms with Gasteiger partial charge >= 0.3 is 0 Å². The quantitative estimate of drug-likeness (QED) is 0.394. The van der Waals surface area contributed by atoms with Crippen LogP contribution in [0.25, 0.3) is 5.57 Å². The van der Waals surface area contributed by atoms with E-state index in [4.69, 9.17) is 12.2 Å². The van der Waals surface area contributed by atoms with E-state index >= 15 is 0 Å². The zero-order valence-corrected chi connectivity index (χ0v) is 19.1. The molecule has 2 aliphatic rings. The van der Waals surface area contributed by atoms with Gasteiger partial charge in [-0.3, -0.25) is 14.5 Å². The van der Waals surface area contributed by atoms with Gasteiger partial charge in [-0.15, -0.1) is 0 Å². The van der Waals surface area contributed by atoms with Gasteiger partial charge < -0.3 is 4.90 Å². The van der Waals surface area contributed by atoms with Gasteiger partial charge in [0.2, 0.25) is 0 Å². The van der Waals surface area contributed by atoms with Crippen molar-refractivity contribution in [2.45, 2.75) is 20.0 Å². The van der Waals surface area contributed by atoms with Crippen molar-refractivity contribution in [3.8, 4) is 0 Å². The van der Waals surface area contributed by atoms with Gasteiger partial charge in [-0.1, -0.05) is 102 Å². The summed E-state index contributed by atoms with van der Waals surface area (Å²) in [5.74, 6) is -0.369. The molecule has 1 saturated heterocycles. The van der Waals surface area contributed by atoms with Crippen LogP contribution in [0.1, 0.15) is 22.3 Å². The van der Waals surface area contributed by atoms with Crippen molar-refractivity contribution in [3.05, 3.63) is 106 Å². The summed E-state index contributed by atoms with van der Waals surface area (Å²) in [6.45, 7) is 2.88. The first-order valence-electron chi connectivity index (χ1n) is 10.3. The number of anilines is 1. The highest BCUT2D eigenvalue weighted by molar-refractivity contribution is 8.26. The number of para-hydroxylation sites is 1. The Morgan fingerprint density at radius 3 is 2.12 bits per heavy atom. The van der Waals surface area contributed by atoms with Gasteiger partial charge in [-0.25, -0.2) is 0 Å². The first kappa shape index (κ1) is 20.7. The summed E-state index contributed by atoms with van der Waals surface area (Å²) in [4.78, 5) is 30.7. The lowest BCUT2D eigenvalue weighted by Gasteiger charge is -2.17. The molecule has 0 aliphatic carbocycles. The van der Waals surface area contributed by atoms with Gasteiger partial charge in [0.15, 0.2) is 0 Å². The molecule has 6 heteroatoms. The number of rotatable bonds is 4. The van der Waals surface area contributed by atoms with E-state index in [0.717, 1.165) is 22.4 Å². The van der Waals surface area contributed by atoms with Gasteiger partial charge in [-0.2, -0.15) is 0 Å². The topological polar surface area (TPSA) is 40.6 Å². The van der Waals surface area contributed by atoms with Gasteiger partial charge in [0, 0.05) is 5.56 Å². The van der Waals surface area contributed by atoms with Crippen LogP contribution in [-0.4, -0.2) is 21.0 Å². The lowest BCUT2D eigenvalue weighted by atomic mass is 10.1. The fourth-order valence-corrected chi connectivity index (χ4v) is 5.31. The zero-order valence-electron chi connectivity index (χ0n) is 17.4. The van der Waals surface area contributed by atoms with Gasteiger partial charge in [-0.05, 0) is 24.1 Å².